The van der Waals surface area contributed by atoms with Gasteiger partial charge >= 0.3 is 0 Å². The molecule has 0 N–H and O–H groups in total. The second-order valence-electron chi connectivity index (χ2n) is 9.32. The fourth-order valence-corrected chi connectivity index (χ4v) is 5.19. The number of carbonyl (C=O) groups is 1. The van der Waals surface area contributed by atoms with E-state index in [2.05, 4.69) is 53.4 Å². The average molecular weight is 522 g/mol. The van der Waals surface area contributed by atoms with Crippen molar-refractivity contribution >= 4 is 21.6 Å². The van der Waals surface area contributed by atoms with E-state index in [1.807, 2.05) is 24.0 Å². The summed E-state index contributed by atoms with van der Waals surface area (Å²) in [5.41, 5.74) is 3.03. The van der Waals surface area contributed by atoms with Gasteiger partial charge in [0.25, 0.3) is 5.91 Å². The molecule has 1 heterocycles. The third-order valence-corrected chi connectivity index (χ3v) is 8.05. The third-order valence-electron chi connectivity index (χ3n) is 6.84. The lowest BCUT2D eigenvalue weighted by atomic mass is 9.96. The maximum Gasteiger partial charge on any atom is 0.263 e. The summed E-state index contributed by atoms with van der Waals surface area (Å²) < 4.78 is 30.8. The molecule has 0 aliphatic carbocycles. The standard InChI is InChI=1S/C29H35N3O4S/c1-4-27(36-26-17-15-25(16-18-26)30(2)37(3,34)35)29(33)32-21-19-31(20-22-32)28(23-11-7-5-8-12-23)24-13-9-6-10-14-24/h5-18,27-28H,4,19-22H2,1-3H3/t27-/m1/s1. The van der Waals surface area contributed by atoms with Crippen LogP contribution < -0.4 is 9.04 Å². The Morgan fingerprint density at radius 3 is 1.84 bits per heavy atom. The van der Waals surface area contributed by atoms with E-state index in [-0.39, 0.29) is 11.9 Å². The fraction of sp³-hybridized carbons (Fsp3) is 0.345. The number of rotatable bonds is 9. The molecule has 0 spiro atoms. The first-order valence-corrected chi connectivity index (χ1v) is 14.5. The van der Waals surface area contributed by atoms with Gasteiger partial charge in [0.1, 0.15) is 5.75 Å². The van der Waals surface area contributed by atoms with Crippen LogP contribution in [0.3, 0.4) is 0 Å². The van der Waals surface area contributed by atoms with Crippen LogP contribution in [0.2, 0.25) is 0 Å². The number of carbonyl (C=O) groups excluding carboxylic acids is 1. The van der Waals surface area contributed by atoms with E-state index in [0.717, 1.165) is 19.3 Å². The van der Waals surface area contributed by atoms with Gasteiger partial charge in [-0.3, -0.25) is 14.0 Å². The van der Waals surface area contributed by atoms with Crippen LogP contribution in [0.25, 0.3) is 0 Å². The number of hydrogen-bond donors (Lipinski definition) is 0. The molecular weight excluding hydrogens is 486 g/mol. The molecule has 0 bridgehead atoms. The van der Waals surface area contributed by atoms with Crippen molar-refractivity contribution in [3.8, 4) is 5.75 Å². The molecule has 1 aliphatic heterocycles. The molecule has 0 aromatic heterocycles. The Morgan fingerprint density at radius 2 is 1.38 bits per heavy atom. The lowest BCUT2D eigenvalue weighted by Crippen LogP contribution is -2.53. The van der Waals surface area contributed by atoms with Crippen LogP contribution in [-0.2, 0) is 14.8 Å². The molecule has 8 heteroatoms. The predicted molar refractivity (Wildman–Crippen MR) is 147 cm³/mol. The summed E-state index contributed by atoms with van der Waals surface area (Å²) in [6.07, 6.45) is 1.11. The summed E-state index contributed by atoms with van der Waals surface area (Å²) in [7, 11) is -1.84. The lowest BCUT2D eigenvalue weighted by molar-refractivity contribution is -0.140. The summed E-state index contributed by atoms with van der Waals surface area (Å²) in [6, 6.07) is 27.9. The number of piperazine rings is 1. The number of nitrogens with zero attached hydrogens (tertiary/aromatic N) is 3. The monoisotopic (exact) mass is 521 g/mol. The van der Waals surface area contributed by atoms with Crippen molar-refractivity contribution in [3.05, 3.63) is 96.1 Å². The quantitative estimate of drug-likeness (QED) is 0.423. The zero-order chi connectivity index (χ0) is 26.4. The molecule has 7 nitrogen and oxygen atoms in total. The maximum absolute atomic E-state index is 13.4. The number of ether oxygens (including phenoxy) is 1. The molecule has 3 aromatic carbocycles. The number of benzene rings is 3. The van der Waals surface area contributed by atoms with Gasteiger partial charge in [0.2, 0.25) is 10.0 Å². The molecule has 1 atom stereocenters. The summed E-state index contributed by atoms with van der Waals surface area (Å²) in [5, 5.41) is 0. The average Bonchev–Trinajstić information content (AvgIpc) is 2.92. The van der Waals surface area contributed by atoms with E-state index in [4.69, 9.17) is 4.74 Å². The Morgan fingerprint density at radius 1 is 0.865 bits per heavy atom. The molecule has 1 amide bonds. The molecule has 37 heavy (non-hydrogen) atoms. The minimum atomic E-state index is -3.34. The highest BCUT2D eigenvalue weighted by Gasteiger charge is 2.31. The summed E-state index contributed by atoms with van der Waals surface area (Å²) >= 11 is 0. The van der Waals surface area contributed by atoms with Gasteiger partial charge in [-0.15, -0.1) is 0 Å². The van der Waals surface area contributed by atoms with E-state index in [1.165, 1.54) is 22.5 Å². The first-order chi connectivity index (χ1) is 17.8. The number of anilines is 1. The molecule has 0 unspecified atom stereocenters. The Balaban J connectivity index is 1.40. The Hall–Kier alpha value is -3.36. The zero-order valence-electron chi connectivity index (χ0n) is 21.7. The fourth-order valence-electron chi connectivity index (χ4n) is 4.69. The molecular formula is C29H35N3O4S. The molecule has 0 saturated carbocycles. The molecule has 1 aliphatic rings. The SMILES string of the molecule is CC[C@@H](Oc1ccc(N(C)S(C)(=O)=O)cc1)C(=O)N1CCN(C(c2ccccc2)c2ccccc2)CC1. The van der Waals surface area contributed by atoms with Crippen LogP contribution in [-0.4, -0.2) is 69.7 Å². The van der Waals surface area contributed by atoms with Gasteiger partial charge in [-0.05, 0) is 41.8 Å². The molecule has 3 aromatic rings. The normalized spacial score (nSPS) is 15.4. The lowest BCUT2D eigenvalue weighted by Gasteiger charge is -2.40. The van der Waals surface area contributed by atoms with E-state index < -0.39 is 16.1 Å². The topological polar surface area (TPSA) is 70.2 Å². The van der Waals surface area contributed by atoms with Gasteiger partial charge in [0.15, 0.2) is 6.10 Å². The van der Waals surface area contributed by atoms with Crippen LogP contribution in [0.4, 0.5) is 5.69 Å². The zero-order valence-corrected chi connectivity index (χ0v) is 22.5. The van der Waals surface area contributed by atoms with Crippen LogP contribution in [0.5, 0.6) is 5.75 Å². The van der Waals surface area contributed by atoms with Crippen LogP contribution >= 0.6 is 0 Å². The Labute approximate surface area is 220 Å². The second-order valence-corrected chi connectivity index (χ2v) is 11.3. The third kappa shape index (κ3) is 6.50. The van der Waals surface area contributed by atoms with E-state index in [9.17, 15) is 13.2 Å². The molecule has 1 fully saturated rings. The number of sulfonamides is 1. The van der Waals surface area contributed by atoms with Crippen LogP contribution in [0.15, 0.2) is 84.9 Å². The number of amides is 1. The maximum atomic E-state index is 13.4. The first kappa shape index (κ1) is 26.7. The predicted octanol–water partition coefficient (Wildman–Crippen LogP) is 4.17. The Kier molecular flexibility index (Phi) is 8.51. The summed E-state index contributed by atoms with van der Waals surface area (Å²) in [6.45, 7) is 4.73. The summed E-state index contributed by atoms with van der Waals surface area (Å²) in [5.74, 6) is 0.521. The van der Waals surface area contributed by atoms with Crippen molar-refractivity contribution in [1.29, 1.82) is 0 Å². The summed E-state index contributed by atoms with van der Waals surface area (Å²) in [4.78, 5) is 17.7. The van der Waals surface area contributed by atoms with Crippen molar-refractivity contribution in [2.24, 2.45) is 0 Å². The second kappa shape index (κ2) is 11.8. The largest absolute Gasteiger partial charge is 0.481 e. The molecule has 0 radical (unpaired) electrons. The van der Waals surface area contributed by atoms with Crippen LogP contribution in [0.1, 0.15) is 30.5 Å². The Bertz CT molecular complexity index is 1220. The first-order valence-electron chi connectivity index (χ1n) is 12.6. The van der Waals surface area contributed by atoms with Gasteiger partial charge in [-0.25, -0.2) is 8.42 Å². The van der Waals surface area contributed by atoms with Crippen molar-refractivity contribution in [2.45, 2.75) is 25.5 Å². The van der Waals surface area contributed by atoms with Crippen molar-refractivity contribution in [3.63, 3.8) is 0 Å². The van der Waals surface area contributed by atoms with E-state index in [1.54, 1.807) is 24.3 Å². The van der Waals surface area contributed by atoms with Crippen molar-refractivity contribution < 1.29 is 17.9 Å². The van der Waals surface area contributed by atoms with Gasteiger partial charge in [-0.1, -0.05) is 67.6 Å². The van der Waals surface area contributed by atoms with Gasteiger partial charge < -0.3 is 9.64 Å². The minimum Gasteiger partial charge on any atom is -0.481 e. The van der Waals surface area contributed by atoms with Crippen molar-refractivity contribution in [1.82, 2.24) is 9.80 Å². The highest BCUT2D eigenvalue weighted by Crippen LogP contribution is 2.30. The van der Waals surface area contributed by atoms with Gasteiger partial charge in [0.05, 0.1) is 18.0 Å². The highest BCUT2D eigenvalue weighted by molar-refractivity contribution is 7.92. The van der Waals surface area contributed by atoms with E-state index >= 15 is 0 Å². The minimum absolute atomic E-state index is 0.0181. The number of hydrogen-bond acceptors (Lipinski definition) is 5. The van der Waals surface area contributed by atoms with Gasteiger partial charge in [0, 0.05) is 33.2 Å². The molecule has 4 rings (SSSR count). The highest BCUT2D eigenvalue weighted by atomic mass is 32.2. The van der Waals surface area contributed by atoms with Gasteiger partial charge in [-0.2, -0.15) is 0 Å². The smallest absolute Gasteiger partial charge is 0.263 e. The van der Waals surface area contributed by atoms with Crippen molar-refractivity contribution in [2.75, 3.05) is 43.8 Å². The van der Waals surface area contributed by atoms with E-state index in [0.29, 0.717) is 30.9 Å². The molecule has 1 saturated heterocycles. The molecule has 196 valence electrons. The van der Waals surface area contributed by atoms with Crippen LogP contribution in [0, 0.1) is 0 Å².